The number of thiophene rings is 1. The summed E-state index contributed by atoms with van der Waals surface area (Å²) in [4.78, 5) is 58.7. The second-order valence-electron chi connectivity index (χ2n) is 13.7. The summed E-state index contributed by atoms with van der Waals surface area (Å²) in [6.07, 6.45) is 2.01. The number of hydrogen-bond acceptors (Lipinski definition) is 7. The van der Waals surface area contributed by atoms with Gasteiger partial charge in [-0.3, -0.25) is 14.3 Å². The number of allylic oxidation sites excluding steroid dienone is 2. The van der Waals surface area contributed by atoms with Crippen LogP contribution in [0.2, 0.25) is 5.02 Å². The molecule has 9 rings (SSSR count). The van der Waals surface area contributed by atoms with Gasteiger partial charge in [-0.25, -0.2) is 28.4 Å². The maximum Gasteiger partial charge on any atom is 0.347 e. The van der Waals surface area contributed by atoms with Gasteiger partial charge in [-0.1, -0.05) is 48.0 Å². The van der Waals surface area contributed by atoms with E-state index in [1.807, 2.05) is 61.5 Å². The number of aromatic hydroxyl groups is 1. The highest BCUT2D eigenvalue weighted by molar-refractivity contribution is 7.22. The molecule has 0 unspecified atom stereocenters. The van der Waals surface area contributed by atoms with Crippen molar-refractivity contribution < 1.29 is 14.7 Å². The number of carbonyl (C=O) groups is 2. The molecule has 1 N–H and O–H groups in total. The number of anilines is 1. The molecule has 11 nitrogen and oxygen atoms in total. The van der Waals surface area contributed by atoms with Crippen molar-refractivity contribution in [1.29, 1.82) is 0 Å². The number of nitrogens with zero attached hydrogens (tertiary/aromatic N) is 6. The summed E-state index contributed by atoms with van der Waals surface area (Å²) in [5, 5.41) is 19.6. The number of phenols is 1. The quantitative estimate of drug-likeness (QED) is 0.188. The third-order valence-corrected chi connectivity index (χ3v) is 12.7. The molecular weight excluding hydrogens is 676 g/mol. The van der Waals surface area contributed by atoms with Crippen LogP contribution in [0.25, 0.3) is 31.4 Å². The van der Waals surface area contributed by atoms with Gasteiger partial charge in [-0.15, -0.1) is 11.3 Å². The molecule has 0 spiro atoms. The molecular formula is C37H31ClN6O5S. The maximum absolute atomic E-state index is 15.1. The molecule has 3 aromatic carbocycles. The first-order valence-electron chi connectivity index (χ1n) is 16.3. The van der Waals surface area contributed by atoms with Crippen molar-refractivity contribution in [2.45, 2.75) is 38.8 Å². The third kappa shape index (κ3) is 3.88. The fourth-order valence-corrected chi connectivity index (χ4v) is 10.0. The normalized spacial score (nSPS) is 23.0. The first-order chi connectivity index (χ1) is 23.9. The number of phenolic OH excluding ortho intramolecular Hbond substituents is 1. The number of imide groups is 1. The van der Waals surface area contributed by atoms with Crippen molar-refractivity contribution in [3.8, 4) is 16.3 Å². The zero-order valence-electron chi connectivity index (χ0n) is 27.5. The largest absolute Gasteiger partial charge is 0.508 e. The third-order valence-electron chi connectivity index (χ3n) is 11.2. The predicted molar refractivity (Wildman–Crippen MR) is 192 cm³/mol. The Balaban J connectivity index is 1.24. The van der Waals surface area contributed by atoms with E-state index in [9.17, 15) is 19.5 Å². The standard InChI is InChI=1S/C37H31ClN6O5S/c1-18-23-15-20(38)10-12-28(23)50-32(18)25-17-29(41(4)39-25)43-33(46)24-16-26-22(13-14-42-35(48)40(3)36(49)44(26)42)31(37(24,2)34(43)47)30-21-8-6-5-7-19(21)9-11-27(30)45/h5-13,15,17,24,26,31,45H,14,16H2,1-4H3/t24-,26+,31+,37+/m0/s1. The number of halogens is 1. The topological polar surface area (TPSA) is 124 Å². The molecule has 2 aliphatic heterocycles. The fraction of sp³-hybridized carbons (Fsp3) is 0.270. The van der Waals surface area contributed by atoms with Crippen LogP contribution in [-0.4, -0.2) is 40.6 Å². The Bertz CT molecular complexity index is 2660. The van der Waals surface area contributed by atoms with Crippen LogP contribution in [0.5, 0.6) is 5.75 Å². The van der Waals surface area contributed by atoms with Crippen LogP contribution in [0.1, 0.15) is 36.4 Å². The van der Waals surface area contributed by atoms with E-state index in [1.165, 1.54) is 21.3 Å². The molecule has 3 aromatic heterocycles. The van der Waals surface area contributed by atoms with Gasteiger partial charge in [0.2, 0.25) is 11.8 Å². The number of aromatic nitrogens is 5. The number of rotatable bonds is 3. The molecule has 2 amide bonds. The van der Waals surface area contributed by atoms with Crippen molar-refractivity contribution in [1.82, 2.24) is 23.7 Å². The van der Waals surface area contributed by atoms with Gasteiger partial charge in [0.1, 0.15) is 17.3 Å². The molecule has 6 aromatic rings. The summed E-state index contributed by atoms with van der Waals surface area (Å²) < 4.78 is 6.46. The van der Waals surface area contributed by atoms with E-state index in [1.54, 1.807) is 42.1 Å². The Morgan fingerprint density at radius 3 is 2.56 bits per heavy atom. The van der Waals surface area contributed by atoms with Crippen LogP contribution in [0.3, 0.4) is 0 Å². The second kappa shape index (κ2) is 10.4. The summed E-state index contributed by atoms with van der Waals surface area (Å²) in [5.41, 5.74) is 0.545. The summed E-state index contributed by atoms with van der Waals surface area (Å²) in [6, 6.07) is 17.8. The van der Waals surface area contributed by atoms with E-state index in [2.05, 4.69) is 0 Å². The van der Waals surface area contributed by atoms with Gasteiger partial charge in [-0.05, 0) is 71.8 Å². The molecule has 13 heteroatoms. The van der Waals surface area contributed by atoms with E-state index in [0.29, 0.717) is 22.1 Å². The van der Waals surface area contributed by atoms with Gasteiger partial charge in [0, 0.05) is 41.4 Å². The smallest absolute Gasteiger partial charge is 0.347 e. The molecule has 0 radical (unpaired) electrons. The van der Waals surface area contributed by atoms with Crippen molar-refractivity contribution in [3.05, 3.63) is 109 Å². The zero-order valence-corrected chi connectivity index (χ0v) is 29.1. The van der Waals surface area contributed by atoms with Gasteiger partial charge in [0.05, 0.1) is 28.8 Å². The summed E-state index contributed by atoms with van der Waals surface area (Å²) in [5.74, 6) is -2.20. The average Bonchev–Trinajstić information content (AvgIpc) is 3.76. The van der Waals surface area contributed by atoms with E-state index in [4.69, 9.17) is 16.7 Å². The number of hydrogen-bond donors (Lipinski definition) is 1. The Hall–Kier alpha value is -5.20. The first-order valence-corrected chi connectivity index (χ1v) is 17.5. The van der Waals surface area contributed by atoms with Crippen LogP contribution in [-0.2, 0) is 30.2 Å². The molecule has 2 fully saturated rings. The van der Waals surface area contributed by atoms with Crippen LogP contribution < -0.4 is 16.3 Å². The summed E-state index contributed by atoms with van der Waals surface area (Å²) in [6.45, 7) is 3.91. The highest BCUT2D eigenvalue weighted by atomic mass is 35.5. The zero-order chi connectivity index (χ0) is 35.0. The summed E-state index contributed by atoms with van der Waals surface area (Å²) >= 11 is 7.86. The molecule has 252 valence electrons. The average molecular weight is 707 g/mol. The molecule has 1 saturated heterocycles. The van der Waals surface area contributed by atoms with Crippen molar-refractivity contribution in [2.24, 2.45) is 25.4 Å². The predicted octanol–water partition coefficient (Wildman–Crippen LogP) is 5.65. The lowest BCUT2D eigenvalue weighted by molar-refractivity contribution is -0.129. The lowest BCUT2D eigenvalue weighted by Gasteiger charge is -2.47. The Kier molecular flexibility index (Phi) is 6.42. The lowest BCUT2D eigenvalue weighted by Crippen LogP contribution is -2.49. The van der Waals surface area contributed by atoms with Crippen LogP contribution in [0, 0.1) is 18.3 Å². The maximum atomic E-state index is 15.1. The number of benzene rings is 3. The minimum absolute atomic E-state index is 0.0135. The molecule has 1 saturated carbocycles. The SMILES string of the molecule is Cc1c(-c2cc(N3C(=O)[C@@H]4C[C@@H]5C(=CCn6c(=O)n(C)c(=O)n65)[C@H](c5c(O)ccc6ccccc56)[C@]4(C)C3=O)n(C)n2)sc2ccc(Cl)cc12. The molecule has 0 bridgehead atoms. The molecule has 50 heavy (non-hydrogen) atoms. The highest BCUT2D eigenvalue weighted by Crippen LogP contribution is 2.63. The molecule has 1 aliphatic carbocycles. The molecule has 5 heterocycles. The van der Waals surface area contributed by atoms with Gasteiger partial charge in [-0.2, -0.15) is 5.10 Å². The van der Waals surface area contributed by atoms with Crippen LogP contribution in [0.15, 0.2) is 81.9 Å². The van der Waals surface area contributed by atoms with E-state index in [0.717, 1.165) is 41.4 Å². The Labute approximate surface area is 293 Å². The van der Waals surface area contributed by atoms with E-state index in [-0.39, 0.29) is 18.7 Å². The number of aryl methyl sites for hydroxylation is 2. The number of fused-ring (bicyclic) bond motifs is 6. The van der Waals surface area contributed by atoms with Crippen molar-refractivity contribution in [3.63, 3.8) is 0 Å². The number of carbonyl (C=O) groups excluding carboxylic acids is 2. The minimum atomic E-state index is -1.35. The number of amides is 2. The Morgan fingerprint density at radius 2 is 1.76 bits per heavy atom. The van der Waals surface area contributed by atoms with Crippen molar-refractivity contribution >= 4 is 61.4 Å². The highest BCUT2D eigenvalue weighted by Gasteiger charge is 2.66. The van der Waals surface area contributed by atoms with Crippen LogP contribution >= 0.6 is 22.9 Å². The van der Waals surface area contributed by atoms with Crippen LogP contribution in [0.4, 0.5) is 5.82 Å². The van der Waals surface area contributed by atoms with Crippen molar-refractivity contribution in [2.75, 3.05) is 4.90 Å². The van der Waals surface area contributed by atoms with Gasteiger partial charge in [0.25, 0.3) is 0 Å². The minimum Gasteiger partial charge on any atom is -0.508 e. The Morgan fingerprint density at radius 1 is 0.980 bits per heavy atom. The molecule has 3 aliphatic rings. The van der Waals surface area contributed by atoms with Gasteiger partial charge in [0.15, 0.2) is 0 Å². The van der Waals surface area contributed by atoms with Gasteiger partial charge < -0.3 is 5.11 Å². The van der Waals surface area contributed by atoms with E-state index >= 15 is 4.79 Å². The van der Waals surface area contributed by atoms with E-state index < -0.39 is 46.5 Å². The molecule has 4 atom stereocenters. The lowest BCUT2D eigenvalue weighted by atomic mass is 9.56. The second-order valence-corrected chi connectivity index (χ2v) is 15.2. The van der Waals surface area contributed by atoms with Gasteiger partial charge >= 0.3 is 11.4 Å². The fourth-order valence-electron chi connectivity index (χ4n) is 8.72. The monoisotopic (exact) mass is 706 g/mol. The summed E-state index contributed by atoms with van der Waals surface area (Å²) in [7, 11) is 3.14. The first kappa shape index (κ1) is 30.8.